The summed E-state index contributed by atoms with van der Waals surface area (Å²) in [6.45, 7) is 16.5. The number of nitrogens with two attached hydrogens (primary N) is 2. The van der Waals surface area contributed by atoms with E-state index in [9.17, 15) is 97.5 Å². The van der Waals surface area contributed by atoms with Crippen LogP contribution in [0.25, 0.3) is 0 Å². The Morgan fingerprint density at radius 3 is 1.18 bits per heavy atom. The van der Waals surface area contributed by atoms with Gasteiger partial charge in [-0.15, -0.1) is 0 Å². The van der Waals surface area contributed by atoms with Gasteiger partial charge in [0.2, 0.25) is 88.6 Å². The van der Waals surface area contributed by atoms with Gasteiger partial charge in [0.25, 0.3) is 0 Å². The van der Waals surface area contributed by atoms with E-state index in [1.165, 1.54) is 62.4 Å². The molecule has 24 N–H and O–H groups in total. The van der Waals surface area contributed by atoms with Crippen LogP contribution in [0.4, 0.5) is 0 Å². The summed E-state index contributed by atoms with van der Waals surface area (Å²) in [6, 6.07) is -1.04. The molecule has 0 unspecified atom stereocenters. The number of aromatic hydroxyl groups is 1. The zero-order chi connectivity index (χ0) is 93.5. The van der Waals surface area contributed by atoms with Crippen molar-refractivity contribution in [2.75, 3.05) is 18.6 Å². The van der Waals surface area contributed by atoms with Crippen molar-refractivity contribution < 1.29 is 107 Å². The highest BCUT2D eigenvalue weighted by molar-refractivity contribution is 7.98. The van der Waals surface area contributed by atoms with Gasteiger partial charge in [0.1, 0.15) is 90.3 Å². The fourth-order valence-electron chi connectivity index (χ4n) is 12.8. The molecular weight excluding hydrogens is 1650 g/mol. The highest BCUT2D eigenvalue weighted by atomic mass is 32.2. The minimum absolute atomic E-state index is 0.0448. The van der Waals surface area contributed by atoms with E-state index < -0.39 is 229 Å². The van der Waals surface area contributed by atoms with Gasteiger partial charge in [-0.3, -0.25) is 76.7 Å². The molecule has 688 valence electrons. The van der Waals surface area contributed by atoms with Crippen molar-refractivity contribution in [2.24, 2.45) is 35.1 Å². The molecule has 0 spiro atoms. The summed E-state index contributed by atoms with van der Waals surface area (Å²) in [7, 11) is 0. The van der Waals surface area contributed by atoms with E-state index >= 15 is 9.59 Å². The molecule has 4 aromatic rings. The fourth-order valence-corrected chi connectivity index (χ4v) is 13.3. The molecule has 40 nitrogen and oxygen atoms in total. The number of nitrogens with zero attached hydrogens (tertiary/aromatic N) is 1. The molecule has 0 bridgehead atoms. The minimum atomic E-state index is -1.97. The first-order chi connectivity index (χ1) is 58.9. The van der Waals surface area contributed by atoms with Crippen molar-refractivity contribution >= 4 is 112 Å². The molecule has 125 heavy (non-hydrogen) atoms. The number of aromatic nitrogens is 2. The number of phenolic OH excluding ortho intramolecular Hbond substituents is 1. The summed E-state index contributed by atoms with van der Waals surface area (Å²) >= 11 is 1.49. The van der Waals surface area contributed by atoms with Crippen LogP contribution in [0.3, 0.4) is 0 Å². The Morgan fingerprint density at radius 2 is 0.784 bits per heavy atom. The van der Waals surface area contributed by atoms with Gasteiger partial charge >= 0.3 is 11.9 Å². The molecule has 0 radical (unpaired) electrons. The maximum atomic E-state index is 15.1. The summed E-state index contributed by atoms with van der Waals surface area (Å²) in [4.78, 5) is 242. The normalized spacial score (nSPS) is 15.3. The quantitative estimate of drug-likeness (QED) is 0.0221. The number of imidazole rings is 1. The number of aliphatic hydroxyl groups excluding tert-OH is 2. The van der Waals surface area contributed by atoms with E-state index in [0.717, 1.165) is 6.92 Å². The molecule has 41 heteroatoms. The maximum Gasteiger partial charge on any atom is 0.326 e. The molecule has 0 fully saturated rings. The second-order valence-corrected chi connectivity index (χ2v) is 33.1. The van der Waals surface area contributed by atoms with E-state index in [-0.39, 0.29) is 74.1 Å². The minimum Gasteiger partial charge on any atom is -0.508 e. The van der Waals surface area contributed by atoms with E-state index in [1.54, 1.807) is 116 Å². The molecule has 0 aliphatic rings. The molecule has 0 saturated carbocycles. The third-order valence-electron chi connectivity index (χ3n) is 19.9. The first kappa shape index (κ1) is 105. The van der Waals surface area contributed by atoms with Crippen LogP contribution in [0.15, 0.2) is 97.5 Å². The third kappa shape index (κ3) is 37.5. The number of carboxylic acid groups (broad SMARTS) is 2. The number of nitrogens with one attached hydrogen (secondary N) is 15. The molecule has 17 atom stereocenters. The van der Waals surface area contributed by atoms with E-state index in [0.29, 0.717) is 35.3 Å². The van der Waals surface area contributed by atoms with Crippen LogP contribution in [0, 0.1) is 23.7 Å². The number of benzene rings is 3. The third-order valence-corrected chi connectivity index (χ3v) is 20.6. The molecule has 4 rings (SSSR count). The lowest BCUT2D eigenvalue weighted by atomic mass is 9.97. The van der Waals surface area contributed by atoms with Crippen LogP contribution in [-0.2, 0) is 107 Å². The summed E-state index contributed by atoms with van der Waals surface area (Å²) < 4.78 is 0. The van der Waals surface area contributed by atoms with E-state index in [4.69, 9.17) is 11.5 Å². The van der Waals surface area contributed by atoms with Crippen molar-refractivity contribution in [1.29, 1.82) is 0 Å². The lowest BCUT2D eigenvalue weighted by Gasteiger charge is -2.29. The lowest BCUT2D eigenvalue weighted by molar-refractivity contribution is -0.144. The van der Waals surface area contributed by atoms with Crippen molar-refractivity contribution in [3.05, 3.63) is 120 Å². The summed E-state index contributed by atoms with van der Waals surface area (Å²) in [5.74, 6) is -18.6. The highest BCUT2D eigenvalue weighted by Crippen LogP contribution is 2.18. The second kappa shape index (κ2) is 53.2. The van der Waals surface area contributed by atoms with Crippen LogP contribution in [0.2, 0.25) is 0 Å². The molecule has 1 heterocycles. The summed E-state index contributed by atoms with van der Waals surface area (Å²) in [5.41, 5.74) is 12.8. The molecule has 3 aromatic carbocycles. The van der Waals surface area contributed by atoms with Crippen molar-refractivity contribution in [2.45, 2.75) is 250 Å². The van der Waals surface area contributed by atoms with Gasteiger partial charge in [-0.2, -0.15) is 11.8 Å². The smallest absolute Gasteiger partial charge is 0.326 e. The van der Waals surface area contributed by atoms with Crippen LogP contribution < -0.4 is 85.9 Å². The Morgan fingerprint density at radius 1 is 0.424 bits per heavy atom. The molecular formula is C84H124N18O22S. The predicted octanol–water partition coefficient (Wildman–Crippen LogP) is -2.32. The molecule has 1 aromatic heterocycles. The Hall–Kier alpha value is -12.1. The number of phenols is 1. The predicted molar refractivity (Wildman–Crippen MR) is 459 cm³/mol. The average Bonchev–Trinajstić information content (AvgIpc) is 0.916. The summed E-state index contributed by atoms with van der Waals surface area (Å²) in [6.07, 6.45) is -0.0493. The molecule has 15 amide bonds. The number of carbonyl (C=O) groups is 17. The monoisotopic (exact) mass is 1770 g/mol. The number of primary amides is 1. The number of hydrogen-bond donors (Lipinski definition) is 22. The number of aliphatic hydroxyl groups is 2. The number of hydrogen-bond acceptors (Lipinski definition) is 23. The Labute approximate surface area is 729 Å². The number of thioether (sulfide) groups is 1. The topological polar surface area (TPSA) is 640 Å². The molecule has 0 aliphatic carbocycles. The number of carbonyl (C=O) groups excluding carboxylic acids is 15. The molecule has 0 aliphatic heterocycles. The van der Waals surface area contributed by atoms with Crippen molar-refractivity contribution in [3.8, 4) is 5.75 Å². The van der Waals surface area contributed by atoms with Gasteiger partial charge in [-0.1, -0.05) is 135 Å². The van der Waals surface area contributed by atoms with Crippen molar-refractivity contribution in [3.63, 3.8) is 0 Å². The number of carboxylic acids is 2. The van der Waals surface area contributed by atoms with E-state index in [2.05, 4.69) is 84.4 Å². The number of H-pyrrole nitrogens is 1. The van der Waals surface area contributed by atoms with Gasteiger partial charge < -0.3 is 116 Å². The standard InChI is InChI=1S/C84H124N18O22S/c1-13-46(8)68(101-72(111)55(85)30-31-125-12)82(121)90-48(10)71(110)100-65(41-103)81(120)98-63(38-53-40-87-42-88-53)79(118)95-58(33-44(4)5)75(114)94-57(32-43(2)3)74(113)89-47(9)70(109)92-60(37-52-24-26-54(105)27-25-52)77(116)96-61(35-50-20-16-14-17-21-50)78(117)97-62(36-51-22-18-15-19-23-51)80(119)102-69(49(11)104)83(122)91-56(28-29-67(107)108)73(112)93-59(34-45(6)7)76(115)99-64(84(123)124)39-66(86)106/h14-27,40,42-49,55-65,68-69,103-105H,13,28-39,41,85H2,1-12H3,(H2,86,106)(H,87,88)(H,89,113)(H,90,121)(H,91,122)(H,92,109)(H,93,112)(H,94,114)(H,95,118)(H,96,116)(H,97,117)(H,98,120)(H,99,115)(H,100,110)(H,101,111)(H,102,119)(H,107,108)(H,123,124)/t46-,47-,48-,49+,55-,56-,57-,58-,59-,60-,61-,62-,63-,64-,65-,68-,69-/m0/s1. The zero-order valence-corrected chi connectivity index (χ0v) is 73.2. The SMILES string of the molecule is CC[C@H](C)[C@H](NC(=O)[C@@H](N)CCSC)C(=O)N[C@@H](C)C(=O)N[C@@H](CO)C(=O)N[C@@H](Cc1c[nH]cn1)C(=O)N[C@@H](CC(C)C)C(=O)N[C@@H](CC(C)C)C(=O)N[C@@H](C)C(=O)N[C@@H](Cc1ccc(O)cc1)C(=O)N[C@@H](Cc1ccccc1)C(=O)N[C@@H](Cc1ccccc1)C(=O)N[C@H](C(=O)N[C@@H](CCC(=O)O)C(=O)N[C@@H](CC(C)C)C(=O)N[C@@H](CC(N)=O)C(=O)O)[C@@H](C)O. The Bertz CT molecular complexity index is 4260. The lowest BCUT2D eigenvalue weighted by Crippen LogP contribution is -2.62. The Kier molecular flexibility index (Phi) is 44.7. The average molecular weight is 1770 g/mol. The number of aromatic amines is 1. The van der Waals surface area contributed by atoms with Crippen LogP contribution in [0.1, 0.15) is 150 Å². The number of aliphatic carboxylic acids is 2. The van der Waals surface area contributed by atoms with Crippen LogP contribution in [-0.4, -0.2) is 251 Å². The van der Waals surface area contributed by atoms with Crippen LogP contribution in [0.5, 0.6) is 5.75 Å². The summed E-state index contributed by atoms with van der Waals surface area (Å²) in [5, 5.41) is 86.6. The highest BCUT2D eigenvalue weighted by Gasteiger charge is 2.40. The second-order valence-electron chi connectivity index (χ2n) is 32.1. The number of rotatable bonds is 55. The van der Waals surface area contributed by atoms with Gasteiger partial charge in [-0.25, -0.2) is 9.78 Å². The number of amides is 15. The van der Waals surface area contributed by atoms with E-state index in [1.807, 2.05) is 6.26 Å². The fraction of sp³-hybridized carbons (Fsp3) is 0.548. The zero-order valence-electron chi connectivity index (χ0n) is 72.4. The first-order valence-corrected chi connectivity index (χ1v) is 42.7. The van der Waals surface area contributed by atoms with Gasteiger partial charge in [0.15, 0.2) is 0 Å². The largest absolute Gasteiger partial charge is 0.508 e. The molecule has 0 saturated heterocycles. The maximum absolute atomic E-state index is 15.1. The van der Waals surface area contributed by atoms with Crippen LogP contribution >= 0.6 is 11.8 Å². The van der Waals surface area contributed by atoms with Gasteiger partial charge in [-0.05, 0) is 117 Å². The van der Waals surface area contributed by atoms with Crippen molar-refractivity contribution in [1.82, 2.24) is 84.4 Å². The van der Waals surface area contributed by atoms with Gasteiger partial charge in [0.05, 0.1) is 37.2 Å². The first-order valence-electron chi connectivity index (χ1n) is 41.3. The Balaban J connectivity index is 1.62. The van der Waals surface area contributed by atoms with Gasteiger partial charge in [0, 0.05) is 38.3 Å².